The van der Waals surface area contributed by atoms with Crippen molar-refractivity contribution < 1.29 is 14.3 Å². The first-order valence-electron chi connectivity index (χ1n) is 2.53. The molecule has 0 bridgehead atoms. The maximum atomic E-state index is 12.4. The lowest BCUT2D eigenvalue weighted by molar-refractivity contribution is -0.131. The molecule has 3 heteroatoms. The van der Waals surface area contributed by atoms with Crippen LogP contribution >= 0.6 is 0 Å². The molecule has 0 aromatic heterocycles. The third kappa shape index (κ3) is 7.14. The zero-order valence-corrected chi connectivity index (χ0v) is 5.39. The Balaban J connectivity index is 3.86. The van der Waals surface area contributed by atoms with Crippen LogP contribution in [0.2, 0.25) is 0 Å². The molecule has 0 spiro atoms. The van der Waals surface area contributed by atoms with E-state index in [-0.39, 0.29) is 0 Å². The summed E-state index contributed by atoms with van der Waals surface area (Å²) >= 11 is 0. The maximum Gasteiger partial charge on any atom is 0.328 e. The summed E-state index contributed by atoms with van der Waals surface area (Å²) < 4.78 is 12.4. The van der Waals surface area contributed by atoms with Crippen molar-refractivity contribution in [3.8, 4) is 0 Å². The van der Waals surface area contributed by atoms with E-state index in [9.17, 15) is 9.18 Å². The fraction of sp³-hybridized carbons (Fsp3) is 0.500. The highest BCUT2D eigenvalue weighted by molar-refractivity contribution is 5.79. The lowest BCUT2D eigenvalue weighted by Crippen LogP contribution is -2.07. The summed E-state index contributed by atoms with van der Waals surface area (Å²) in [5.74, 6) is -1.12. The Bertz CT molecular complexity index is 132. The molecule has 0 aliphatic heterocycles. The highest BCUT2D eigenvalue weighted by Crippen LogP contribution is 2.08. The summed E-state index contributed by atoms with van der Waals surface area (Å²) in [6.07, 6.45) is 1.79. The van der Waals surface area contributed by atoms with Gasteiger partial charge in [0.1, 0.15) is 5.67 Å². The predicted octanol–water partition coefficient (Wildman–Crippen LogP) is 1.38. The first kappa shape index (κ1) is 8.14. The zero-order valence-electron chi connectivity index (χ0n) is 5.39. The number of aliphatic carboxylic acids is 1. The summed E-state index contributed by atoms with van der Waals surface area (Å²) in [6.45, 7) is 2.57. The Morgan fingerprint density at radius 3 is 2.22 bits per heavy atom. The van der Waals surface area contributed by atoms with Crippen molar-refractivity contribution in [1.29, 1.82) is 0 Å². The van der Waals surface area contributed by atoms with Crippen LogP contribution < -0.4 is 0 Å². The second-order valence-corrected chi connectivity index (χ2v) is 2.24. The number of hydrogen-bond acceptors (Lipinski definition) is 1. The summed E-state index contributed by atoms with van der Waals surface area (Å²) in [5.41, 5.74) is -1.53. The molecule has 9 heavy (non-hydrogen) atoms. The second-order valence-electron chi connectivity index (χ2n) is 2.24. The Kier molecular flexibility index (Phi) is 2.37. The average Bonchev–Trinajstić information content (AvgIpc) is 1.59. The molecular weight excluding hydrogens is 123 g/mol. The van der Waals surface area contributed by atoms with Crippen molar-refractivity contribution in [3.05, 3.63) is 12.2 Å². The third-order valence-corrected chi connectivity index (χ3v) is 0.622. The standard InChI is InChI=1S/C6H9FO2/c1-6(2,7)4-3-5(8)9/h3-4H,1-2H3,(H,8,9). The van der Waals surface area contributed by atoms with E-state index in [1.165, 1.54) is 13.8 Å². The molecular formula is C6H9FO2. The van der Waals surface area contributed by atoms with Gasteiger partial charge in [0, 0.05) is 6.08 Å². The predicted molar refractivity (Wildman–Crippen MR) is 32.0 cm³/mol. The number of alkyl halides is 1. The normalized spacial score (nSPS) is 12.3. The first-order valence-corrected chi connectivity index (χ1v) is 2.53. The summed E-state index contributed by atoms with van der Waals surface area (Å²) in [7, 11) is 0. The molecule has 0 saturated carbocycles. The molecule has 1 N–H and O–H groups in total. The minimum Gasteiger partial charge on any atom is -0.478 e. The molecule has 0 aliphatic rings. The van der Waals surface area contributed by atoms with Gasteiger partial charge in [-0.25, -0.2) is 9.18 Å². The molecule has 0 aliphatic carbocycles. The summed E-state index contributed by atoms with van der Waals surface area (Å²) in [5, 5.41) is 8.02. The van der Waals surface area contributed by atoms with Crippen molar-refractivity contribution >= 4 is 5.97 Å². The van der Waals surface area contributed by atoms with Crippen LogP contribution in [0, 0.1) is 0 Å². The molecule has 0 rings (SSSR count). The van der Waals surface area contributed by atoms with Gasteiger partial charge in [0.05, 0.1) is 0 Å². The van der Waals surface area contributed by atoms with E-state index >= 15 is 0 Å². The van der Waals surface area contributed by atoms with Gasteiger partial charge < -0.3 is 5.11 Å². The van der Waals surface area contributed by atoms with Crippen LogP contribution in [-0.2, 0) is 4.79 Å². The number of halogens is 1. The Hall–Kier alpha value is -0.860. The van der Waals surface area contributed by atoms with E-state index in [0.717, 1.165) is 12.2 Å². The average molecular weight is 132 g/mol. The van der Waals surface area contributed by atoms with Crippen molar-refractivity contribution in [3.63, 3.8) is 0 Å². The third-order valence-electron chi connectivity index (χ3n) is 0.622. The van der Waals surface area contributed by atoms with Gasteiger partial charge in [-0.05, 0) is 19.9 Å². The van der Waals surface area contributed by atoms with Crippen LogP contribution in [0.3, 0.4) is 0 Å². The van der Waals surface area contributed by atoms with E-state index in [4.69, 9.17) is 5.11 Å². The molecule has 2 nitrogen and oxygen atoms in total. The number of hydrogen-bond donors (Lipinski definition) is 1. The SMILES string of the molecule is CC(C)(F)C=CC(=O)O. The minimum atomic E-state index is -1.53. The van der Waals surface area contributed by atoms with Gasteiger partial charge in [-0.3, -0.25) is 0 Å². The molecule has 0 radical (unpaired) electrons. The number of carbonyl (C=O) groups is 1. The Morgan fingerprint density at radius 2 is 2.11 bits per heavy atom. The van der Waals surface area contributed by atoms with Gasteiger partial charge in [-0.2, -0.15) is 0 Å². The molecule has 0 amide bonds. The monoisotopic (exact) mass is 132 g/mol. The van der Waals surface area contributed by atoms with Crippen LogP contribution in [0.1, 0.15) is 13.8 Å². The van der Waals surface area contributed by atoms with E-state index < -0.39 is 11.6 Å². The van der Waals surface area contributed by atoms with Gasteiger partial charge in [0.15, 0.2) is 0 Å². The van der Waals surface area contributed by atoms with Gasteiger partial charge in [-0.15, -0.1) is 0 Å². The van der Waals surface area contributed by atoms with Crippen LogP contribution in [-0.4, -0.2) is 16.7 Å². The van der Waals surface area contributed by atoms with E-state index in [2.05, 4.69) is 0 Å². The van der Waals surface area contributed by atoms with Gasteiger partial charge >= 0.3 is 5.97 Å². The maximum absolute atomic E-state index is 12.4. The fourth-order valence-electron chi connectivity index (χ4n) is 0.269. The fourth-order valence-corrected chi connectivity index (χ4v) is 0.269. The Morgan fingerprint density at radius 1 is 1.67 bits per heavy atom. The molecule has 0 aromatic carbocycles. The largest absolute Gasteiger partial charge is 0.478 e. The quantitative estimate of drug-likeness (QED) is 0.576. The summed E-state index contributed by atoms with van der Waals surface area (Å²) in [4.78, 5) is 9.79. The minimum absolute atomic E-state index is 0.792. The number of rotatable bonds is 2. The molecule has 0 heterocycles. The molecule has 52 valence electrons. The van der Waals surface area contributed by atoms with E-state index in [1.807, 2.05) is 0 Å². The Labute approximate surface area is 53.0 Å². The van der Waals surface area contributed by atoms with Gasteiger partial charge in [0.25, 0.3) is 0 Å². The van der Waals surface area contributed by atoms with Crippen LogP contribution in [0.4, 0.5) is 4.39 Å². The van der Waals surface area contributed by atoms with Gasteiger partial charge in [-0.1, -0.05) is 0 Å². The molecule has 0 aromatic rings. The van der Waals surface area contributed by atoms with Crippen LogP contribution in [0.5, 0.6) is 0 Å². The topological polar surface area (TPSA) is 37.3 Å². The van der Waals surface area contributed by atoms with Crippen LogP contribution in [0.25, 0.3) is 0 Å². The number of carboxylic acid groups (broad SMARTS) is 1. The van der Waals surface area contributed by atoms with Crippen molar-refractivity contribution in [2.75, 3.05) is 0 Å². The van der Waals surface area contributed by atoms with E-state index in [1.54, 1.807) is 0 Å². The number of allylic oxidation sites excluding steroid dienone is 1. The second kappa shape index (κ2) is 2.62. The molecule has 0 unspecified atom stereocenters. The van der Waals surface area contributed by atoms with Gasteiger partial charge in [0.2, 0.25) is 0 Å². The van der Waals surface area contributed by atoms with Crippen molar-refractivity contribution in [2.24, 2.45) is 0 Å². The lowest BCUT2D eigenvalue weighted by atomic mass is 10.1. The van der Waals surface area contributed by atoms with Crippen molar-refractivity contribution in [1.82, 2.24) is 0 Å². The number of carboxylic acids is 1. The summed E-state index contributed by atoms with van der Waals surface area (Å²) in [6, 6.07) is 0. The lowest BCUT2D eigenvalue weighted by Gasteiger charge is -2.04. The molecule has 0 atom stereocenters. The highest BCUT2D eigenvalue weighted by atomic mass is 19.1. The highest BCUT2D eigenvalue weighted by Gasteiger charge is 2.09. The zero-order chi connectivity index (χ0) is 7.49. The van der Waals surface area contributed by atoms with Crippen LogP contribution in [0.15, 0.2) is 12.2 Å². The molecule has 0 saturated heterocycles. The molecule has 0 fully saturated rings. The van der Waals surface area contributed by atoms with Crippen molar-refractivity contribution in [2.45, 2.75) is 19.5 Å². The van der Waals surface area contributed by atoms with E-state index in [0.29, 0.717) is 0 Å². The smallest absolute Gasteiger partial charge is 0.328 e. The first-order chi connectivity index (χ1) is 3.92.